The van der Waals surface area contributed by atoms with Crippen LogP contribution in [-0.4, -0.2) is 21.7 Å². The molecule has 4 nitrogen and oxygen atoms in total. The number of carbonyl (C=O) groups excluding carboxylic acids is 1. The third-order valence-electron chi connectivity index (χ3n) is 3.59. The summed E-state index contributed by atoms with van der Waals surface area (Å²) in [6.07, 6.45) is 11.3. The normalized spacial score (nSPS) is 16.8. The summed E-state index contributed by atoms with van der Waals surface area (Å²) in [7, 11) is 0. The van der Waals surface area contributed by atoms with E-state index < -0.39 is 0 Å². The topological polar surface area (TPSA) is 46.9 Å². The second kappa shape index (κ2) is 6.55. The molecule has 0 aliphatic heterocycles. The molecule has 2 rings (SSSR count). The lowest BCUT2D eigenvalue weighted by atomic mass is 9.95. The Morgan fingerprint density at radius 3 is 3.00 bits per heavy atom. The minimum atomic E-state index is 0.104. The molecule has 0 spiro atoms. The van der Waals surface area contributed by atoms with Crippen molar-refractivity contribution < 1.29 is 4.79 Å². The lowest BCUT2D eigenvalue weighted by Gasteiger charge is -2.20. The third kappa shape index (κ3) is 4.23. The first-order valence-corrected chi connectivity index (χ1v) is 7.12. The number of hydrogen-bond donors (Lipinski definition) is 1. The molecule has 1 atom stereocenters. The maximum absolute atomic E-state index is 11.9. The van der Waals surface area contributed by atoms with E-state index in [2.05, 4.69) is 23.4 Å². The van der Waals surface area contributed by atoms with Crippen molar-refractivity contribution in [2.24, 2.45) is 0 Å². The first-order valence-electron chi connectivity index (χ1n) is 7.12. The van der Waals surface area contributed by atoms with Gasteiger partial charge in [0.15, 0.2) is 0 Å². The molecular weight excluding hydrogens is 238 g/mol. The molecule has 1 unspecified atom stereocenters. The first-order chi connectivity index (χ1) is 9.15. The molecule has 4 heteroatoms. The molecule has 104 valence electrons. The Bertz CT molecular complexity index is 462. The zero-order valence-electron chi connectivity index (χ0n) is 11.9. The maximum atomic E-state index is 11.9. The van der Waals surface area contributed by atoms with Crippen LogP contribution in [-0.2, 0) is 11.3 Å². The molecular formula is C15H23N3O. The molecule has 0 bridgehead atoms. The van der Waals surface area contributed by atoms with E-state index in [1.807, 2.05) is 24.0 Å². The summed E-state index contributed by atoms with van der Waals surface area (Å²) >= 11 is 0. The Hall–Kier alpha value is -1.58. The number of nitrogens with zero attached hydrogens (tertiary/aromatic N) is 2. The van der Waals surface area contributed by atoms with Crippen LogP contribution in [0.25, 0.3) is 0 Å². The summed E-state index contributed by atoms with van der Waals surface area (Å²) in [5.41, 5.74) is 2.51. The summed E-state index contributed by atoms with van der Waals surface area (Å²) in [6, 6.07) is 0.173. The van der Waals surface area contributed by atoms with E-state index in [1.54, 1.807) is 0 Å². The van der Waals surface area contributed by atoms with E-state index in [1.165, 1.54) is 18.4 Å². The SMILES string of the molecule is Cc1cnn(CCC(=O)NC(C)C2=CCCCC2)c1. The number of allylic oxidation sites excluding steroid dienone is 1. The third-order valence-corrected chi connectivity index (χ3v) is 3.59. The molecule has 1 aromatic rings. The monoisotopic (exact) mass is 261 g/mol. The number of amides is 1. The summed E-state index contributed by atoms with van der Waals surface area (Å²) < 4.78 is 1.82. The van der Waals surface area contributed by atoms with Crippen LogP contribution in [0.15, 0.2) is 24.0 Å². The van der Waals surface area contributed by atoms with Crippen LogP contribution >= 0.6 is 0 Å². The number of carbonyl (C=O) groups is 1. The fourth-order valence-corrected chi connectivity index (χ4v) is 2.47. The van der Waals surface area contributed by atoms with Gasteiger partial charge < -0.3 is 5.32 Å². The van der Waals surface area contributed by atoms with Gasteiger partial charge in [-0.2, -0.15) is 5.10 Å². The average molecular weight is 261 g/mol. The van der Waals surface area contributed by atoms with Crippen molar-refractivity contribution in [1.29, 1.82) is 0 Å². The highest BCUT2D eigenvalue weighted by atomic mass is 16.1. The lowest BCUT2D eigenvalue weighted by Crippen LogP contribution is -2.34. The molecule has 0 aromatic carbocycles. The van der Waals surface area contributed by atoms with Crippen LogP contribution in [0.2, 0.25) is 0 Å². The summed E-state index contributed by atoms with van der Waals surface area (Å²) in [6.45, 7) is 4.72. The number of aryl methyl sites for hydroxylation is 2. The lowest BCUT2D eigenvalue weighted by molar-refractivity contribution is -0.121. The van der Waals surface area contributed by atoms with Crippen molar-refractivity contribution in [3.8, 4) is 0 Å². The molecule has 0 radical (unpaired) electrons. The standard InChI is InChI=1S/C15H23N3O/c1-12-10-16-18(11-12)9-8-15(19)17-13(2)14-6-4-3-5-7-14/h6,10-11,13H,3-5,7-9H2,1-2H3,(H,17,19). The predicted molar refractivity (Wildman–Crippen MR) is 75.7 cm³/mol. The highest BCUT2D eigenvalue weighted by Crippen LogP contribution is 2.20. The zero-order chi connectivity index (χ0) is 13.7. The second-order valence-corrected chi connectivity index (χ2v) is 5.34. The number of aromatic nitrogens is 2. The predicted octanol–water partition coefficient (Wildman–Crippen LogP) is 2.59. The number of rotatable bonds is 5. The van der Waals surface area contributed by atoms with E-state index in [0.29, 0.717) is 13.0 Å². The van der Waals surface area contributed by atoms with Gasteiger partial charge in [0, 0.05) is 25.2 Å². The van der Waals surface area contributed by atoms with E-state index in [4.69, 9.17) is 0 Å². The van der Waals surface area contributed by atoms with Crippen molar-refractivity contribution in [2.45, 2.75) is 58.5 Å². The fraction of sp³-hybridized carbons (Fsp3) is 0.600. The molecule has 0 saturated heterocycles. The van der Waals surface area contributed by atoms with Gasteiger partial charge in [0.25, 0.3) is 0 Å². The highest BCUT2D eigenvalue weighted by Gasteiger charge is 2.13. The number of nitrogens with one attached hydrogen (secondary N) is 1. The smallest absolute Gasteiger partial charge is 0.222 e. The molecule has 1 aromatic heterocycles. The molecule has 19 heavy (non-hydrogen) atoms. The van der Waals surface area contributed by atoms with Crippen LogP contribution in [0.3, 0.4) is 0 Å². The van der Waals surface area contributed by atoms with Crippen LogP contribution in [0.5, 0.6) is 0 Å². The van der Waals surface area contributed by atoms with Crippen LogP contribution in [0, 0.1) is 6.92 Å². The Morgan fingerprint density at radius 1 is 1.53 bits per heavy atom. The van der Waals surface area contributed by atoms with E-state index in [-0.39, 0.29) is 11.9 Å². The van der Waals surface area contributed by atoms with Crippen LogP contribution in [0.4, 0.5) is 0 Å². The molecule has 1 heterocycles. The van der Waals surface area contributed by atoms with Crippen LogP contribution < -0.4 is 5.32 Å². The fourth-order valence-electron chi connectivity index (χ4n) is 2.47. The second-order valence-electron chi connectivity index (χ2n) is 5.34. The van der Waals surface area contributed by atoms with Gasteiger partial charge in [-0.3, -0.25) is 9.48 Å². The summed E-state index contributed by atoms with van der Waals surface area (Å²) in [5, 5.41) is 7.26. The van der Waals surface area contributed by atoms with Crippen molar-refractivity contribution in [1.82, 2.24) is 15.1 Å². The van der Waals surface area contributed by atoms with Crippen molar-refractivity contribution >= 4 is 5.91 Å². The van der Waals surface area contributed by atoms with Gasteiger partial charge in [-0.05, 0) is 45.1 Å². The Balaban J connectivity index is 1.76. The Morgan fingerprint density at radius 2 is 2.37 bits per heavy atom. The van der Waals surface area contributed by atoms with Crippen LogP contribution in [0.1, 0.15) is 44.6 Å². The Kier molecular flexibility index (Phi) is 4.77. The average Bonchev–Trinajstić information content (AvgIpc) is 2.83. The van der Waals surface area contributed by atoms with Crippen molar-refractivity contribution in [3.05, 3.63) is 29.6 Å². The van der Waals surface area contributed by atoms with Gasteiger partial charge in [-0.25, -0.2) is 0 Å². The van der Waals surface area contributed by atoms with Crippen molar-refractivity contribution in [3.63, 3.8) is 0 Å². The zero-order valence-corrected chi connectivity index (χ0v) is 11.9. The quantitative estimate of drug-likeness (QED) is 0.828. The van der Waals surface area contributed by atoms with Crippen molar-refractivity contribution in [2.75, 3.05) is 0 Å². The van der Waals surface area contributed by atoms with Gasteiger partial charge in [0.1, 0.15) is 0 Å². The van der Waals surface area contributed by atoms with E-state index in [0.717, 1.165) is 18.4 Å². The van der Waals surface area contributed by atoms with Gasteiger partial charge in [-0.15, -0.1) is 0 Å². The van der Waals surface area contributed by atoms with Gasteiger partial charge in [-0.1, -0.05) is 11.6 Å². The summed E-state index contributed by atoms with van der Waals surface area (Å²) in [4.78, 5) is 11.9. The number of hydrogen-bond acceptors (Lipinski definition) is 2. The minimum Gasteiger partial charge on any atom is -0.350 e. The maximum Gasteiger partial charge on any atom is 0.222 e. The molecule has 0 fully saturated rings. The van der Waals surface area contributed by atoms with Gasteiger partial charge in [0.05, 0.1) is 6.20 Å². The molecule has 1 N–H and O–H groups in total. The summed E-state index contributed by atoms with van der Waals surface area (Å²) in [5.74, 6) is 0.104. The molecule has 1 aliphatic carbocycles. The molecule has 1 aliphatic rings. The van der Waals surface area contributed by atoms with Gasteiger partial charge >= 0.3 is 0 Å². The molecule has 1 amide bonds. The molecule has 0 saturated carbocycles. The largest absolute Gasteiger partial charge is 0.350 e. The Labute approximate surface area is 114 Å². The highest BCUT2D eigenvalue weighted by molar-refractivity contribution is 5.76. The minimum absolute atomic E-state index is 0.104. The first kappa shape index (κ1) is 13.8. The van der Waals surface area contributed by atoms with Gasteiger partial charge in [0.2, 0.25) is 5.91 Å². The van der Waals surface area contributed by atoms with E-state index >= 15 is 0 Å². The van der Waals surface area contributed by atoms with E-state index in [9.17, 15) is 4.79 Å².